The van der Waals surface area contributed by atoms with Gasteiger partial charge in [0.2, 0.25) is 0 Å². The predicted molar refractivity (Wildman–Crippen MR) is 50.2 cm³/mol. The number of carbonyl (C=O) groups is 1. The zero-order valence-electron chi connectivity index (χ0n) is 7.77. The van der Waals surface area contributed by atoms with Crippen molar-refractivity contribution in [3.05, 3.63) is 29.3 Å². The number of phenols is 1. The largest absolute Gasteiger partial charge is 0.508 e. The molecule has 0 radical (unpaired) electrons. The molecule has 0 aliphatic heterocycles. The Hall–Kier alpha value is -1.55. The number of aliphatic hydroxyl groups excluding tert-OH is 1. The molecule has 1 rings (SSSR count). The molecule has 0 spiro atoms. The topological polar surface area (TPSA) is 77.8 Å². The molecule has 0 saturated heterocycles. The van der Waals surface area contributed by atoms with Crippen LogP contribution in [0.5, 0.6) is 5.75 Å². The standard InChI is InChI=1S/C10H12O4/c1-6-2-3-7(4-8(6)11)5-9(12)10(13)14/h2-4,9,11-12H,5H2,1H3,(H,13,14). The van der Waals surface area contributed by atoms with E-state index in [9.17, 15) is 9.90 Å². The third-order valence-corrected chi connectivity index (χ3v) is 1.99. The van der Waals surface area contributed by atoms with Crippen molar-refractivity contribution in [1.29, 1.82) is 0 Å². The molecule has 4 nitrogen and oxygen atoms in total. The van der Waals surface area contributed by atoms with Crippen LogP contribution in [-0.4, -0.2) is 27.4 Å². The fourth-order valence-electron chi connectivity index (χ4n) is 1.09. The highest BCUT2D eigenvalue weighted by Gasteiger charge is 2.13. The van der Waals surface area contributed by atoms with Crippen molar-refractivity contribution in [3.63, 3.8) is 0 Å². The molecular weight excluding hydrogens is 184 g/mol. The lowest BCUT2D eigenvalue weighted by molar-refractivity contribution is -0.146. The predicted octanol–water partition coefficient (Wildman–Crippen LogP) is 0.689. The van der Waals surface area contributed by atoms with Crippen LogP contribution in [0, 0.1) is 6.92 Å². The Morgan fingerprint density at radius 1 is 1.50 bits per heavy atom. The number of hydrogen-bond acceptors (Lipinski definition) is 3. The van der Waals surface area contributed by atoms with E-state index in [0.29, 0.717) is 5.56 Å². The summed E-state index contributed by atoms with van der Waals surface area (Å²) in [5, 5.41) is 26.8. The van der Waals surface area contributed by atoms with E-state index < -0.39 is 12.1 Å². The highest BCUT2D eigenvalue weighted by Crippen LogP contribution is 2.18. The molecule has 1 atom stereocenters. The second-order valence-electron chi connectivity index (χ2n) is 3.18. The van der Waals surface area contributed by atoms with Crippen molar-refractivity contribution < 1.29 is 20.1 Å². The van der Waals surface area contributed by atoms with E-state index in [1.54, 1.807) is 19.1 Å². The van der Waals surface area contributed by atoms with Crippen LogP contribution in [0.15, 0.2) is 18.2 Å². The Morgan fingerprint density at radius 3 is 2.64 bits per heavy atom. The van der Waals surface area contributed by atoms with Gasteiger partial charge < -0.3 is 15.3 Å². The summed E-state index contributed by atoms with van der Waals surface area (Å²) in [4.78, 5) is 10.3. The molecule has 4 heteroatoms. The van der Waals surface area contributed by atoms with Crippen molar-refractivity contribution in [1.82, 2.24) is 0 Å². The molecule has 0 fully saturated rings. The normalized spacial score (nSPS) is 12.4. The van der Waals surface area contributed by atoms with E-state index >= 15 is 0 Å². The highest BCUT2D eigenvalue weighted by atomic mass is 16.4. The van der Waals surface area contributed by atoms with Gasteiger partial charge in [0.05, 0.1) is 0 Å². The van der Waals surface area contributed by atoms with Crippen LogP contribution in [0.1, 0.15) is 11.1 Å². The molecule has 0 aliphatic carbocycles. The van der Waals surface area contributed by atoms with Gasteiger partial charge in [0.25, 0.3) is 0 Å². The Balaban J connectivity index is 2.78. The Labute approximate surface area is 81.4 Å². The first kappa shape index (κ1) is 10.5. The lowest BCUT2D eigenvalue weighted by Gasteiger charge is -2.06. The number of hydrogen-bond donors (Lipinski definition) is 3. The van der Waals surface area contributed by atoms with E-state index in [2.05, 4.69) is 0 Å². The third-order valence-electron chi connectivity index (χ3n) is 1.99. The lowest BCUT2D eigenvalue weighted by atomic mass is 10.1. The second kappa shape index (κ2) is 4.11. The summed E-state index contributed by atoms with van der Waals surface area (Å²) in [6.45, 7) is 1.74. The number of aliphatic hydroxyl groups is 1. The Morgan fingerprint density at radius 2 is 2.14 bits per heavy atom. The summed E-state index contributed by atoms with van der Waals surface area (Å²) in [5.74, 6) is -1.15. The fraction of sp³-hybridized carbons (Fsp3) is 0.300. The fourth-order valence-corrected chi connectivity index (χ4v) is 1.09. The number of phenolic OH excluding ortho intramolecular Hbond substituents is 1. The summed E-state index contributed by atoms with van der Waals surface area (Å²) in [6, 6.07) is 4.82. The van der Waals surface area contributed by atoms with Crippen LogP contribution in [0.25, 0.3) is 0 Å². The van der Waals surface area contributed by atoms with Gasteiger partial charge in [-0.25, -0.2) is 4.79 Å². The van der Waals surface area contributed by atoms with Gasteiger partial charge in [0.1, 0.15) is 5.75 Å². The van der Waals surface area contributed by atoms with Gasteiger partial charge >= 0.3 is 5.97 Å². The number of aryl methyl sites for hydroxylation is 1. The van der Waals surface area contributed by atoms with Gasteiger partial charge in [-0.15, -0.1) is 0 Å². The molecule has 0 amide bonds. The number of aromatic hydroxyl groups is 1. The van der Waals surface area contributed by atoms with Gasteiger partial charge in [-0.2, -0.15) is 0 Å². The summed E-state index contributed by atoms with van der Waals surface area (Å²) in [6.07, 6.45) is -1.42. The minimum absolute atomic E-state index is 0.00315. The summed E-state index contributed by atoms with van der Waals surface area (Å²) in [7, 11) is 0. The minimum Gasteiger partial charge on any atom is -0.508 e. The summed E-state index contributed by atoms with van der Waals surface area (Å²) < 4.78 is 0. The molecule has 0 aromatic heterocycles. The molecule has 0 aliphatic rings. The first-order valence-corrected chi connectivity index (χ1v) is 4.20. The number of carboxylic acids is 1. The van der Waals surface area contributed by atoms with Gasteiger partial charge in [-0.1, -0.05) is 12.1 Å². The molecule has 0 saturated carbocycles. The van der Waals surface area contributed by atoms with E-state index in [4.69, 9.17) is 10.2 Å². The average Bonchev–Trinajstić information content (AvgIpc) is 2.11. The Kier molecular flexibility index (Phi) is 3.09. The minimum atomic E-state index is -1.42. The van der Waals surface area contributed by atoms with Crippen LogP contribution in [0.3, 0.4) is 0 Å². The second-order valence-corrected chi connectivity index (χ2v) is 3.18. The molecular formula is C10H12O4. The molecule has 76 valence electrons. The maximum Gasteiger partial charge on any atom is 0.332 e. The SMILES string of the molecule is Cc1ccc(CC(O)C(=O)O)cc1O. The molecule has 0 heterocycles. The maximum atomic E-state index is 10.3. The molecule has 14 heavy (non-hydrogen) atoms. The maximum absolute atomic E-state index is 10.3. The van der Waals surface area contributed by atoms with Gasteiger partial charge in [0, 0.05) is 6.42 Å². The number of benzene rings is 1. The first-order valence-electron chi connectivity index (χ1n) is 4.20. The Bertz CT molecular complexity index is 346. The van der Waals surface area contributed by atoms with Crippen LogP contribution < -0.4 is 0 Å². The molecule has 1 aromatic rings. The van der Waals surface area contributed by atoms with Gasteiger partial charge in [-0.05, 0) is 24.1 Å². The molecule has 0 bridgehead atoms. The van der Waals surface area contributed by atoms with E-state index in [1.807, 2.05) is 0 Å². The number of rotatable bonds is 3. The first-order chi connectivity index (χ1) is 6.50. The smallest absolute Gasteiger partial charge is 0.332 e. The quantitative estimate of drug-likeness (QED) is 0.664. The van der Waals surface area contributed by atoms with Gasteiger partial charge in [0.15, 0.2) is 6.10 Å². The zero-order valence-corrected chi connectivity index (χ0v) is 7.77. The summed E-state index contributed by atoms with van der Waals surface area (Å²) in [5.41, 5.74) is 1.32. The van der Waals surface area contributed by atoms with Crippen molar-refractivity contribution in [2.45, 2.75) is 19.4 Å². The number of aliphatic carboxylic acids is 1. The molecule has 1 aromatic carbocycles. The zero-order chi connectivity index (χ0) is 10.7. The van der Waals surface area contributed by atoms with Crippen molar-refractivity contribution in [2.24, 2.45) is 0 Å². The van der Waals surface area contributed by atoms with Crippen LogP contribution in [0.2, 0.25) is 0 Å². The third kappa shape index (κ3) is 2.47. The van der Waals surface area contributed by atoms with E-state index in [1.165, 1.54) is 6.07 Å². The number of carboxylic acid groups (broad SMARTS) is 1. The van der Waals surface area contributed by atoms with Crippen LogP contribution in [0.4, 0.5) is 0 Å². The van der Waals surface area contributed by atoms with E-state index in [-0.39, 0.29) is 12.2 Å². The van der Waals surface area contributed by atoms with Crippen LogP contribution >= 0.6 is 0 Å². The lowest BCUT2D eigenvalue weighted by Crippen LogP contribution is -2.21. The van der Waals surface area contributed by atoms with E-state index in [0.717, 1.165) is 5.56 Å². The van der Waals surface area contributed by atoms with Crippen molar-refractivity contribution >= 4 is 5.97 Å². The van der Waals surface area contributed by atoms with Crippen molar-refractivity contribution in [2.75, 3.05) is 0 Å². The van der Waals surface area contributed by atoms with Crippen LogP contribution in [-0.2, 0) is 11.2 Å². The highest BCUT2D eigenvalue weighted by molar-refractivity contribution is 5.72. The van der Waals surface area contributed by atoms with Crippen molar-refractivity contribution in [3.8, 4) is 5.75 Å². The monoisotopic (exact) mass is 196 g/mol. The molecule has 1 unspecified atom stereocenters. The summed E-state index contributed by atoms with van der Waals surface area (Å²) >= 11 is 0. The molecule has 3 N–H and O–H groups in total. The van der Waals surface area contributed by atoms with Gasteiger partial charge in [-0.3, -0.25) is 0 Å². The average molecular weight is 196 g/mol.